The normalized spacial score (nSPS) is 11.0. The highest BCUT2D eigenvalue weighted by Gasteiger charge is 2.32. The number of hydrogen-bond donors (Lipinski definition) is 0. The summed E-state index contributed by atoms with van der Waals surface area (Å²) >= 11 is -0.372. The molecule has 0 N–H and O–H groups in total. The molecule has 1 aromatic rings. The average molecular weight is 317 g/mol. The molecule has 7 heteroatoms. The highest BCUT2D eigenvalue weighted by atomic mass is 32.2. The second-order valence-electron chi connectivity index (χ2n) is 4.13. The van der Waals surface area contributed by atoms with E-state index >= 15 is 0 Å². The standard InChI is InChI=1S/C14H14F3NO2S/c1-3-9-5-10(7-12(19)20-4-2)13(11(6-9)8-18)21-14(15,16)17/h5-6H,3-4,7H2,1-2H3. The van der Waals surface area contributed by atoms with E-state index in [1.165, 1.54) is 12.1 Å². The molecule has 0 fully saturated rings. The van der Waals surface area contributed by atoms with Gasteiger partial charge in [-0.1, -0.05) is 13.0 Å². The van der Waals surface area contributed by atoms with Crippen LogP contribution in [0.25, 0.3) is 0 Å². The maximum Gasteiger partial charge on any atom is 0.446 e. The van der Waals surface area contributed by atoms with E-state index in [4.69, 9.17) is 10.00 Å². The number of alkyl halides is 3. The van der Waals surface area contributed by atoms with Crippen LogP contribution in [0, 0.1) is 11.3 Å². The second kappa shape index (κ2) is 7.36. The summed E-state index contributed by atoms with van der Waals surface area (Å²) in [5.41, 5.74) is -3.72. The minimum atomic E-state index is -4.53. The van der Waals surface area contributed by atoms with Crippen LogP contribution in [0.1, 0.15) is 30.5 Å². The number of thioether (sulfide) groups is 1. The maximum atomic E-state index is 12.6. The number of nitrogens with zero attached hydrogens (tertiary/aromatic N) is 1. The fraction of sp³-hybridized carbons (Fsp3) is 0.429. The van der Waals surface area contributed by atoms with Crippen molar-refractivity contribution >= 4 is 17.7 Å². The number of ether oxygens (including phenoxy) is 1. The third-order valence-electron chi connectivity index (χ3n) is 2.61. The monoisotopic (exact) mass is 317 g/mol. The Bertz CT molecular complexity index is 565. The number of esters is 1. The van der Waals surface area contributed by atoms with Crippen molar-refractivity contribution in [3.8, 4) is 6.07 Å². The van der Waals surface area contributed by atoms with E-state index in [-0.39, 0.29) is 40.8 Å². The largest absolute Gasteiger partial charge is 0.466 e. The van der Waals surface area contributed by atoms with Crippen molar-refractivity contribution in [2.45, 2.75) is 37.1 Å². The smallest absolute Gasteiger partial charge is 0.446 e. The van der Waals surface area contributed by atoms with Crippen LogP contribution in [0.5, 0.6) is 0 Å². The number of hydrogen-bond acceptors (Lipinski definition) is 4. The SMILES string of the molecule is CCOC(=O)Cc1cc(CC)cc(C#N)c1SC(F)(F)F. The zero-order valence-corrected chi connectivity index (χ0v) is 12.4. The number of carbonyl (C=O) groups is 1. The summed E-state index contributed by atoms with van der Waals surface area (Å²) in [5.74, 6) is -0.612. The van der Waals surface area contributed by atoms with Gasteiger partial charge in [0.05, 0.1) is 18.6 Å². The van der Waals surface area contributed by atoms with E-state index in [1.54, 1.807) is 13.0 Å². The zero-order chi connectivity index (χ0) is 16.0. The molecule has 0 atom stereocenters. The second-order valence-corrected chi connectivity index (χ2v) is 5.20. The summed E-state index contributed by atoms with van der Waals surface area (Å²) in [6.07, 6.45) is 0.274. The lowest BCUT2D eigenvalue weighted by molar-refractivity contribution is -0.142. The highest BCUT2D eigenvalue weighted by Crippen LogP contribution is 2.41. The predicted molar refractivity (Wildman–Crippen MR) is 72.8 cm³/mol. The number of benzene rings is 1. The van der Waals surface area contributed by atoms with Gasteiger partial charge in [-0.3, -0.25) is 4.79 Å². The molecule has 0 saturated heterocycles. The molecule has 1 aromatic carbocycles. The van der Waals surface area contributed by atoms with Crippen LogP contribution in [0.2, 0.25) is 0 Å². The van der Waals surface area contributed by atoms with Crippen molar-refractivity contribution in [3.63, 3.8) is 0 Å². The number of nitriles is 1. The molecule has 0 heterocycles. The first-order chi connectivity index (χ1) is 9.80. The molecule has 0 amide bonds. The lowest BCUT2D eigenvalue weighted by atomic mass is 10.0. The summed E-state index contributed by atoms with van der Waals surface area (Å²) in [6.45, 7) is 3.59. The van der Waals surface area contributed by atoms with E-state index in [9.17, 15) is 18.0 Å². The van der Waals surface area contributed by atoms with E-state index in [2.05, 4.69) is 0 Å². The minimum Gasteiger partial charge on any atom is -0.466 e. The van der Waals surface area contributed by atoms with Gasteiger partial charge in [-0.05, 0) is 42.3 Å². The molecule has 3 nitrogen and oxygen atoms in total. The van der Waals surface area contributed by atoms with Crippen LogP contribution in [0.3, 0.4) is 0 Å². The summed E-state index contributed by atoms with van der Waals surface area (Å²) in [7, 11) is 0. The first-order valence-electron chi connectivity index (χ1n) is 6.28. The van der Waals surface area contributed by atoms with Gasteiger partial charge in [-0.25, -0.2) is 0 Å². The van der Waals surface area contributed by atoms with Gasteiger partial charge in [-0.15, -0.1) is 0 Å². The van der Waals surface area contributed by atoms with E-state index < -0.39 is 11.5 Å². The lowest BCUT2D eigenvalue weighted by Crippen LogP contribution is -2.11. The molecule has 0 spiro atoms. The van der Waals surface area contributed by atoms with Gasteiger partial charge in [-0.2, -0.15) is 18.4 Å². The summed E-state index contributed by atoms with van der Waals surface area (Å²) in [6, 6.07) is 4.70. The van der Waals surface area contributed by atoms with E-state index in [0.717, 1.165) is 0 Å². The lowest BCUT2D eigenvalue weighted by Gasteiger charge is -2.14. The molecule has 0 radical (unpaired) electrons. The minimum absolute atomic E-state index is 0.0732. The Hall–Kier alpha value is -1.68. The Balaban J connectivity index is 3.29. The van der Waals surface area contributed by atoms with Gasteiger partial charge in [0.2, 0.25) is 0 Å². The van der Waals surface area contributed by atoms with Crippen LogP contribution >= 0.6 is 11.8 Å². The Morgan fingerprint density at radius 2 is 2.05 bits per heavy atom. The first kappa shape index (κ1) is 17.4. The van der Waals surface area contributed by atoms with Crippen LogP contribution < -0.4 is 0 Å². The molecular formula is C14H14F3NO2S. The topological polar surface area (TPSA) is 50.1 Å². The number of halogens is 3. The van der Waals surface area contributed by atoms with E-state index in [1.807, 2.05) is 6.92 Å². The van der Waals surface area contributed by atoms with Crippen LogP contribution in [0.4, 0.5) is 13.2 Å². The van der Waals surface area contributed by atoms with Gasteiger partial charge in [0.15, 0.2) is 0 Å². The number of rotatable bonds is 5. The molecule has 0 unspecified atom stereocenters. The molecule has 0 aliphatic rings. The summed E-state index contributed by atoms with van der Waals surface area (Å²) in [4.78, 5) is 11.3. The summed E-state index contributed by atoms with van der Waals surface area (Å²) < 4.78 is 42.7. The van der Waals surface area contributed by atoms with Crippen molar-refractivity contribution in [2.24, 2.45) is 0 Å². The first-order valence-corrected chi connectivity index (χ1v) is 7.09. The number of aryl methyl sites for hydroxylation is 1. The highest BCUT2D eigenvalue weighted by molar-refractivity contribution is 8.00. The van der Waals surface area contributed by atoms with Gasteiger partial charge in [0.1, 0.15) is 6.07 Å². The summed E-state index contributed by atoms with van der Waals surface area (Å²) in [5, 5.41) is 9.05. The molecule has 1 rings (SSSR count). The Kier molecular flexibility index (Phi) is 6.09. The molecule has 0 bridgehead atoms. The van der Waals surface area contributed by atoms with Crippen molar-refractivity contribution in [3.05, 3.63) is 28.8 Å². The van der Waals surface area contributed by atoms with Crippen molar-refractivity contribution < 1.29 is 22.7 Å². The van der Waals surface area contributed by atoms with Crippen molar-refractivity contribution in [1.82, 2.24) is 0 Å². The fourth-order valence-electron chi connectivity index (χ4n) is 1.78. The van der Waals surface area contributed by atoms with Gasteiger partial charge >= 0.3 is 11.5 Å². The Morgan fingerprint density at radius 1 is 1.38 bits per heavy atom. The van der Waals surface area contributed by atoms with Crippen LogP contribution in [-0.2, 0) is 22.4 Å². The average Bonchev–Trinajstić information content (AvgIpc) is 2.39. The molecule has 0 aliphatic heterocycles. The molecule has 0 saturated carbocycles. The molecular weight excluding hydrogens is 303 g/mol. The molecule has 21 heavy (non-hydrogen) atoms. The van der Waals surface area contributed by atoms with Crippen LogP contribution in [-0.4, -0.2) is 18.1 Å². The van der Waals surface area contributed by atoms with Gasteiger partial charge in [0.25, 0.3) is 0 Å². The quantitative estimate of drug-likeness (QED) is 0.611. The Morgan fingerprint density at radius 3 is 2.52 bits per heavy atom. The zero-order valence-electron chi connectivity index (χ0n) is 11.6. The van der Waals surface area contributed by atoms with E-state index in [0.29, 0.717) is 12.0 Å². The third-order valence-corrected chi connectivity index (χ3v) is 3.53. The van der Waals surface area contributed by atoms with Crippen molar-refractivity contribution in [1.29, 1.82) is 5.26 Å². The van der Waals surface area contributed by atoms with Gasteiger partial charge in [0, 0.05) is 4.90 Å². The molecule has 114 valence electrons. The van der Waals surface area contributed by atoms with Gasteiger partial charge < -0.3 is 4.74 Å². The molecule has 0 aromatic heterocycles. The maximum absolute atomic E-state index is 12.6. The predicted octanol–water partition coefficient (Wildman–Crippen LogP) is 3.84. The van der Waals surface area contributed by atoms with Crippen LogP contribution in [0.15, 0.2) is 17.0 Å². The van der Waals surface area contributed by atoms with Crippen molar-refractivity contribution in [2.75, 3.05) is 6.61 Å². The third kappa shape index (κ3) is 5.31. The Labute approximate surface area is 125 Å². The molecule has 0 aliphatic carbocycles. The number of carbonyl (C=O) groups excluding carboxylic acids is 1. The fourth-order valence-corrected chi connectivity index (χ4v) is 2.49.